The average Bonchev–Trinajstić information content (AvgIpc) is 2.59. The van der Waals surface area contributed by atoms with Gasteiger partial charge in [0.1, 0.15) is 0 Å². The summed E-state index contributed by atoms with van der Waals surface area (Å²) in [5.74, 6) is -39.8. The van der Waals surface area contributed by atoms with Crippen LogP contribution in [0.4, 0.5) is 52.7 Å². The summed E-state index contributed by atoms with van der Waals surface area (Å²) >= 11 is 0. The van der Waals surface area contributed by atoms with E-state index in [1.807, 2.05) is 0 Å². The molecule has 0 fully saturated rings. The van der Waals surface area contributed by atoms with Crippen molar-refractivity contribution in [1.82, 2.24) is 5.32 Å². The molecule has 0 radical (unpaired) electrons. The molecule has 0 bridgehead atoms. The topological polar surface area (TPSA) is 29.1 Å². The summed E-state index contributed by atoms with van der Waals surface area (Å²) in [5.41, 5.74) is -0.00344. The number of amides is 1. The van der Waals surface area contributed by atoms with Gasteiger partial charge in [-0.1, -0.05) is 30.3 Å². The number of nitrogens with one attached hydrogen (secondary N) is 1. The average molecular weight is 435 g/mol. The molecule has 0 spiro atoms. The second-order valence-corrected chi connectivity index (χ2v) is 5.39. The summed E-state index contributed by atoms with van der Waals surface area (Å²) in [7, 11) is 0. The third-order valence-electron chi connectivity index (χ3n) is 3.46. The molecule has 14 heteroatoms. The SMILES string of the molecule is O=C(NCc1ccccc1)C(F)(F)C(F)(F)C(F)(F)C(F)(F)C(F)(F)C(F)F. The van der Waals surface area contributed by atoms with Crippen molar-refractivity contribution >= 4 is 5.91 Å². The molecule has 1 aromatic rings. The number of carbonyl (C=O) groups is 1. The highest BCUT2D eigenvalue weighted by atomic mass is 19.4. The van der Waals surface area contributed by atoms with Crippen molar-refractivity contribution in [3.8, 4) is 0 Å². The highest BCUT2D eigenvalue weighted by molar-refractivity contribution is 5.84. The van der Waals surface area contributed by atoms with Crippen molar-refractivity contribution in [2.75, 3.05) is 0 Å². The van der Waals surface area contributed by atoms with Gasteiger partial charge in [0.15, 0.2) is 0 Å². The molecular weight excluding hydrogens is 426 g/mol. The van der Waals surface area contributed by atoms with Crippen LogP contribution < -0.4 is 5.32 Å². The number of carbonyl (C=O) groups excluding carboxylic acids is 1. The van der Waals surface area contributed by atoms with E-state index in [0.29, 0.717) is 0 Å². The summed E-state index contributed by atoms with van der Waals surface area (Å²) in [5, 5.41) is 1.05. The van der Waals surface area contributed by atoms with Gasteiger partial charge < -0.3 is 5.32 Å². The Balaban J connectivity index is 3.20. The summed E-state index contributed by atoms with van der Waals surface area (Å²) < 4.78 is 156. The first-order valence-corrected chi connectivity index (χ1v) is 6.94. The number of halogens is 12. The Labute approximate surface area is 148 Å². The Bertz CT molecular complexity index is 689. The molecule has 0 unspecified atom stereocenters. The lowest BCUT2D eigenvalue weighted by Gasteiger charge is -2.38. The maximum Gasteiger partial charge on any atom is 0.392 e. The van der Waals surface area contributed by atoms with Crippen molar-refractivity contribution in [2.24, 2.45) is 0 Å². The van der Waals surface area contributed by atoms with Gasteiger partial charge in [-0.3, -0.25) is 4.79 Å². The summed E-state index contributed by atoms with van der Waals surface area (Å²) in [6.07, 6.45) is -5.59. The minimum atomic E-state index is -7.73. The predicted octanol–water partition coefficient (Wildman–Crippen LogP) is 4.74. The second-order valence-electron chi connectivity index (χ2n) is 5.39. The van der Waals surface area contributed by atoms with Crippen molar-refractivity contribution in [3.05, 3.63) is 35.9 Å². The zero-order valence-electron chi connectivity index (χ0n) is 13.1. The van der Waals surface area contributed by atoms with Gasteiger partial charge in [-0.2, -0.15) is 43.9 Å². The smallest absolute Gasteiger partial charge is 0.347 e. The Morgan fingerprint density at radius 2 is 1.25 bits per heavy atom. The molecule has 1 amide bonds. The minimum Gasteiger partial charge on any atom is -0.347 e. The van der Waals surface area contributed by atoms with Gasteiger partial charge in [0.25, 0.3) is 5.91 Å². The van der Waals surface area contributed by atoms with E-state index < -0.39 is 48.5 Å². The summed E-state index contributed by atoms with van der Waals surface area (Å²) in [6.45, 7) is -0.944. The van der Waals surface area contributed by atoms with Crippen LogP contribution in [0.25, 0.3) is 0 Å². The van der Waals surface area contributed by atoms with Gasteiger partial charge in [0.05, 0.1) is 0 Å². The fourth-order valence-corrected chi connectivity index (χ4v) is 1.77. The predicted molar refractivity (Wildman–Crippen MR) is 69.0 cm³/mol. The molecule has 0 aromatic heterocycles. The summed E-state index contributed by atoms with van der Waals surface area (Å²) in [6, 6.07) is 6.36. The van der Waals surface area contributed by atoms with E-state index in [1.54, 1.807) is 0 Å². The Morgan fingerprint density at radius 1 is 0.786 bits per heavy atom. The zero-order valence-corrected chi connectivity index (χ0v) is 13.1. The molecule has 0 aliphatic rings. The van der Waals surface area contributed by atoms with Crippen molar-refractivity contribution < 1.29 is 57.5 Å². The monoisotopic (exact) mass is 435 g/mol. The Morgan fingerprint density at radius 3 is 1.68 bits per heavy atom. The van der Waals surface area contributed by atoms with Crippen LogP contribution in [0.2, 0.25) is 0 Å². The van der Waals surface area contributed by atoms with Crippen molar-refractivity contribution in [1.29, 1.82) is 0 Å². The molecule has 28 heavy (non-hydrogen) atoms. The van der Waals surface area contributed by atoms with E-state index in [0.717, 1.165) is 5.32 Å². The lowest BCUT2D eigenvalue weighted by molar-refractivity contribution is -0.407. The highest BCUT2D eigenvalue weighted by Gasteiger charge is 2.89. The Kier molecular flexibility index (Phi) is 6.27. The molecule has 0 saturated heterocycles. The van der Waals surface area contributed by atoms with E-state index in [1.165, 1.54) is 30.3 Å². The van der Waals surface area contributed by atoms with Crippen LogP contribution in [0.5, 0.6) is 0 Å². The van der Waals surface area contributed by atoms with E-state index in [9.17, 15) is 57.5 Å². The van der Waals surface area contributed by atoms with Crippen molar-refractivity contribution in [2.45, 2.75) is 42.6 Å². The third kappa shape index (κ3) is 3.60. The van der Waals surface area contributed by atoms with Crippen LogP contribution in [0.15, 0.2) is 30.3 Å². The van der Waals surface area contributed by atoms with E-state index in [2.05, 4.69) is 0 Å². The molecule has 1 N–H and O–H groups in total. The van der Waals surface area contributed by atoms with E-state index >= 15 is 0 Å². The van der Waals surface area contributed by atoms with Gasteiger partial charge in [-0.05, 0) is 5.56 Å². The number of benzene rings is 1. The normalized spacial score (nSPS) is 14.3. The number of hydrogen-bond donors (Lipinski definition) is 1. The number of rotatable bonds is 8. The van der Waals surface area contributed by atoms with Gasteiger partial charge >= 0.3 is 36.0 Å². The first-order chi connectivity index (χ1) is 12.4. The lowest BCUT2D eigenvalue weighted by atomic mass is 9.94. The second kappa shape index (κ2) is 7.35. The minimum absolute atomic E-state index is 0.00344. The molecule has 0 aliphatic carbocycles. The first kappa shape index (κ1) is 23.9. The van der Waals surface area contributed by atoms with Crippen LogP contribution in [-0.4, -0.2) is 41.9 Å². The maximum absolute atomic E-state index is 13.5. The van der Waals surface area contributed by atoms with Crippen LogP contribution in [0.1, 0.15) is 5.56 Å². The third-order valence-corrected chi connectivity index (χ3v) is 3.46. The highest BCUT2D eigenvalue weighted by Crippen LogP contribution is 2.58. The molecule has 160 valence electrons. The fraction of sp³-hybridized carbons (Fsp3) is 0.500. The maximum atomic E-state index is 13.5. The number of hydrogen-bond acceptors (Lipinski definition) is 1. The molecule has 2 nitrogen and oxygen atoms in total. The van der Waals surface area contributed by atoms with Gasteiger partial charge in [-0.25, -0.2) is 8.78 Å². The van der Waals surface area contributed by atoms with E-state index in [-0.39, 0.29) is 5.56 Å². The molecular formula is C14H9F12NO. The standard InChI is InChI=1S/C14H9F12NO/c15-8(16)10(17,18)12(21,22)14(25,26)13(23,24)11(19,20)9(28)27-6-7-4-2-1-3-5-7/h1-5,8H,6H2,(H,27,28). The van der Waals surface area contributed by atoms with Crippen molar-refractivity contribution in [3.63, 3.8) is 0 Å². The van der Waals surface area contributed by atoms with Crippen LogP contribution >= 0.6 is 0 Å². The molecule has 1 aromatic carbocycles. The Hall–Kier alpha value is -2.15. The molecule has 1 rings (SSSR count). The van der Waals surface area contributed by atoms with E-state index in [4.69, 9.17) is 0 Å². The zero-order chi connectivity index (χ0) is 22.2. The largest absolute Gasteiger partial charge is 0.392 e. The first-order valence-electron chi connectivity index (χ1n) is 6.94. The van der Waals surface area contributed by atoms with Crippen LogP contribution in [0.3, 0.4) is 0 Å². The van der Waals surface area contributed by atoms with Crippen LogP contribution in [0, 0.1) is 0 Å². The fourth-order valence-electron chi connectivity index (χ4n) is 1.77. The molecule has 0 saturated carbocycles. The van der Waals surface area contributed by atoms with Crippen LogP contribution in [-0.2, 0) is 11.3 Å². The lowest BCUT2D eigenvalue weighted by Crippen LogP contribution is -2.70. The molecule has 0 atom stereocenters. The van der Waals surface area contributed by atoms with Gasteiger partial charge in [0.2, 0.25) is 0 Å². The number of alkyl halides is 12. The summed E-state index contributed by atoms with van der Waals surface area (Å²) in [4.78, 5) is 11.2. The quantitative estimate of drug-likeness (QED) is 0.588. The molecule has 0 aliphatic heterocycles. The van der Waals surface area contributed by atoms with Gasteiger partial charge in [0, 0.05) is 6.54 Å². The molecule has 0 heterocycles. The van der Waals surface area contributed by atoms with Gasteiger partial charge in [-0.15, -0.1) is 0 Å².